The minimum atomic E-state index is 0.179. The van der Waals surface area contributed by atoms with E-state index in [0.29, 0.717) is 24.3 Å². The van der Waals surface area contributed by atoms with Crippen LogP contribution in [0.2, 0.25) is 0 Å². The van der Waals surface area contributed by atoms with E-state index in [2.05, 4.69) is 0 Å². The molecule has 0 radical (unpaired) electrons. The lowest BCUT2D eigenvalue weighted by molar-refractivity contribution is 0.104. The van der Waals surface area contributed by atoms with E-state index in [1.54, 1.807) is 0 Å². The maximum atomic E-state index is 11.0. The van der Waals surface area contributed by atoms with Crippen LogP contribution in [-0.2, 0) is 18.0 Å². The fraction of sp³-hybridized carbons (Fsp3) is 0.0909. The van der Waals surface area contributed by atoms with Crippen molar-refractivity contribution in [3.63, 3.8) is 0 Å². The summed E-state index contributed by atoms with van der Waals surface area (Å²) >= 11 is 0. The highest BCUT2D eigenvalue weighted by Gasteiger charge is 2.23. The number of phenolic OH excluding ortho intramolecular Hbond substituents is 2. The minimum Gasteiger partial charge on any atom is -0.507 e. The van der Waals surface area contributed by atoms with Gasteiger partial charge in [0.25, 0.3) is 0 Å². The number of aromatic hydroxyl groups is 2. The number of rotatable bonds is 0. The normalized spacial score (nSPS) is 13.4. The van der Waals surface area contributed by atoms with E-state index in [9.17, 15) is 10.2 Å². The zero-order chi connectivity index (χ0) is 17.0. The highest BCUT2D eigenvalue weighted by atomic mass is 16.5. The van der Waals surface area contributed by atoms with E-state index < -0.39 is 0 Å². The lowest BCUT2D eigenvalue weighted by Gasteiger charge is -2.16. The molecule has 0 amide bonds. The van der Waals surface area contributed by atoms with Crippen molar-refractivity contribution in [1.82, 2.24) is 0 Å². The van der Waals surface area contributed by atoms with Crippen LogP contribution in [0, 0.1) is 0 Å². The molecule has 0 aliphatic carbocycles. The van der Waals surface area contributed by atoms with Gasteiger partial charge < -0.3 is 14.9 Å². The molecule has 25 heavy (non-hydrogen) atoms. The summed E-state index contributed by atoms with van der Waals surface area (Å²) in [5, 5.41) is 25.9. The summed E-state index contributed by atoms with van der Waals surface area (Å²) < 4.78 is 5.77. The lowest BCUT2D eigenvalue weighted by atomic mass is 9.89. The summed E-state index contributed by atoms with van der Waals surface area (Å²) in [5.74, 6) is 0.358. The first-order valence-electron chi connectivity index (χ1n) is 8.29. The van der Waals surface area contributed by atoms with Gasteiger partial charge in [-0.15, -0.1) is 0 Å². The van der Waals surface area contributed by atoms with Crippen LogP contribution in [-0.4, -0.2) is 10.2 Å². The van der Waals surface area contributed by atoms with Crippen LogP contribution in [0.15, 0.2) is 60.7 Å². The summed E-state index contributed by atoms with van der Waals surface area (Å²) in [6, 6.07) is 19.8. The molecular weight excluding hydrogens is 312 g/mol. The van der Waals surface area contributed by atoms with Gasteiger partial charge >= 0.3 is 0 Å². The predicted molar refractivity (Wildman–Crippen MR) is 98.7 cm³/mol. The molecule has 122 valence electrons. The SMILES string of the molecule is Oc1c2cc3ccccc3c1-c1c(O)c(cc3ccccc13)COC2. The molecule has 2 N–H and O–H groups in total. The third-order valence-corrected chi connectivity index (χ3v) is 4.97. The van der Waals surface area contributed by atoms with E-state index in [0.717, 1.165) is 32.7 Å². The molecule has 1 heterocycles. The Morgan fingerprint density at radius 3 is 1.56 bits per heavy atom. The second-order valence-electron chi connectivity index (χ2n) is 6.45. The molecule has 3 nitrogen and oxygen atoms in total. The van der Waals surface area contributed by atoms with Gasteiger partial charge in [0.15, 0.2) is 0 Å². The van der Waals surface area contributed by atoms with Crippen LogP contribution in [0.25, 0.3) is 32.7 Å². The number of fused-ring (bicyclic) bond motifs is 9. The largest absolute Gasteiger partial charge is 0.507 e. The van der Waals surface area contributed by atoms with E-state index in [1.165, 1.54) is 0 Å². The molecule has 0 saturated carbocycles. The van der Waals surface area contributed by atoms with Crippen LogP contribution >= 0.6 is 0 Å². The van der Waals surface area contributed by atoms with Gasteiger partial charge in [0.2, 0.25) is 0 Å². The van der Waals surface area contributed by atoms with Crippen LogP contribution in [0.3, 0.4) is 0 Å². The van der Waals surface area contributed by atoms with Gasteiger partial charge in [-0.25, -0.2) is 0 Å². The molecular formula is C22H16O3. The average Bonchev–Trinajstić information content (AvgIpc) is 2.65. The fourth-order valence-corrected chi connectivity index (χ4v) is 3.79. The van der Waals surface area contributed by atoms with E-state index >= 15 is 0 Å². The van der Waals surface area contributed by atoms with Crippen molar-refractivity contribution < 1.29 is 14.9 Å². The van der Waals surface area contributed by atoms with Crippen molar-refractivity contribution in [3.05, 3.63) is 71.8 Å². The highest BCUT2D eigenvalue weighted by molar-refractivity contribution is 6.10. The van der Waals surface area contributed by atoms with Crippen LogP contribution in [0.1, 0.15) is 11.1 Å². The summed E-state index contributed by atoms with van der Waals surface area (Å²) in [4.78, 5) is 0. The molecule has 1 aliphatic rings. The Bertz CT molecular complexity index is 1050. The quantitative estimate of drug-likeness (QED) is 0.472. The van der Waals surface area contributed by atoms with Gasteiger partial charge in [-0.2, -0.15) is 0 Å². The highest BCUT2D eigenvalue weighted by Crippen LogP contribution is 2.48. The summed E-state index contributed by atoms with van der Waals surface area (Å²) in [5.41, 5.74) is 2.82. The van der Waals surface area contributed by atoms with Crippen molar-refractivity contribution in [1.29, 1.82) is 0 Å². The van der Waals surface area contributed by atoms with Crippen molar-refractivity contribution in [3.8, 4) is 22.6 Å². The molecule has 4 aromatic carbocycles. The molecule has 5 rings (SSSR count). The molecule has 0 spiro atoms. The first kappa shape index (κ1) is 14.3. The van der Waals surface area contributed by atoms with Gasteiger partial charge in [-0.1, -0.05) is 48.5 Å². The zero-order valence-corrected chi connectivity index (χ0v) is 13.5. The topological polar surface area (TPSA) is 49.7 Å². The monoisotopic (exact) mass is 328 g/mol. The summed E-state index contributed by atoms with van der Waals surface area (Å²) in [6.07, 6.45) is 0. The van der Waals surface area contributed by atoms with E-state index in [4.69, 9.17) is 4.74 Å². The van der Waals surface area contributed by atoms with Crippen molar-refractivity contribution in [2.45, 2.75) is 13.2 Å². The zero-order valence-electron chi connectivity index (χ0n) is 13.5. The Labute approximate surface area is 144 Å². The molecule has 0 atom stereocenters. The van der Waals surface area contributed by atoms with Crippen LogP contribution in [0.4, 0.5) is 0 Å². The third kappa shape index (κ3) is 2.03. The number of phenols is 2. The van der Waals surface area contributed by atoms with Gasteiger partial charge in [-0.05, 0) is 33.7 Å². The van der Waals surface area contributed by atoms with Gasteiger partial charge in [0, 0.05) is 22.3 Å². The third-order valence-electron chi connectivity index (χ3n) is 4.97. The van der Waals surface area contributed by atoms with E-state index in [1.807, 2.05) is 60.7 Å². The minimum absolute atomic E-state index is 0.179. The Kier molecular flexibility index (Phi) is 2.99. The smallest absolute Gasteiger partial charge is 0.129 e. The number of hydrogen-bond acceptors (Lipinski definition) is 3. The second kappa shape index (κ2) is 5.23. The molecule has 0 aromatic heterocycles. The number of hydrogen-bond donors (Lipinski definition) is 2. The van der Waals surface area contributed by atoms with Crippen molar-refractivity contribution in [2.24, 2.45) is 0 Å². The second-order valence-corrected chi connectivity index (χ2v) is 6.45. The first-order chi connectivity index (χ1) is 12.2. The Balaban J connectivity index is 2.06. The van der Waals surface area contributed by atoms with Gasteiger partial charge in [0.05, 0.1) is 13.2 Å². The fourth-order valence-electron chi connectivity index (χ4n) is 3.79. The van der Waals surface area contributed by atoms with Crippen molar-refractivity contribution >= 4 is 21.5 Å². The van der Waals surface area contributed by atoms with Crippen LogP contribution in [0.5, 0.6) is 11.5 Å². The standard InChI is InChI=1S/C22H16O3/c23-21-15-9-13-5-1-3-7-17(13)19(21)20-18-8-4-2-6-14(18)10-16(22(20)24)12-25-11-15/h1-10,23-24H,11-12H2. The van der Waals surface area contributed by atoms with E-state index in [-0.39, 0.29) is 11.5 Å². The van der Waals surface area contributed by atoms with Gasteiger partial charge in [0.1, 0.15) is 11.5 Å². The lowest BCUT2D eigenvalue weighted by Crippen LogP contribution is -1.94. The molecule has 4 bridgehead atoms. The Hall–Kier alpha value is -3.04. The molecule has 3 heteroatoms. The maximum Gasteiger partial charge on any atom is 0.129 e. The maximum absolute atomic E-state index is 11.0. The molecule has 1 aliphatic heterocycles. The molecule has 0 saturated heterocycles. The molecule has 4 aromatic rings. The summed E-state index contributed by atoms with van der Waals surface area (Å²) in [6.45, 7) is 0.607. The average molecular weight is 328 g/mol. The number of benzene rings is 4. The Morgan fingerprint density at radius 1 is 0.640 bits per heavy atom. The molecule has 0 fully saturated rings. The van der Waals surface area contributed by atoms with Crippen LogP contribution < -0.4 is 0 Å². The molecule has 0 unspecified atom stereocenters. The van der Waals surface area contributed by atoms with Crippen molar-refractivity contribution in [2.75, 3.05) is 0 Å². The Morgan fingerprint density at radius 2 is 1.08 bits per heavy atom. The predicted octanol–water partition coefficient (Wildman–Crippen LogP) is 5.10. The number of ether oxygens (including phenoxy) is 1. The summed E-state index contributed by atoms with van der Waals surface area (Å²) in [7, 11) is 0. The van der Waals surface area contributed by atoms with Gasteiger partial charge in [-0.3, -0.25) is 0 Å². The first-order valence-corrected chi connectivity index (χ1v) is 8.29.